The van der Waals surface area contributed by atoms with Crippen molar-refractivity contribution in [1.29, 1.82) is 0 Å². The summed E-state index contributed by atoms with van der Waals surface area (Å²) in [6, 6.07) is 5.85. The van der Waals surface area contributed by atoms with E-state index in [2.05, 4.69) is 39.5 Å². The van der Waals surface area contributed by atoms with Gasteiger partial charge in [-0.15, -0.1) is 0 Å². The number of nitrogens with zero attached hydrogens (tertiary/aromatic N) is 6. The van der Waals surface area contributed by atoms with Crippen molar-refractivity contribution < 1.29 is 4.39 Å². The van der Waals surface area contributed by atoms with Crippen LogP contribution in [0.1, 0.15) is 51.4 Å². The number of hydrogen-bond acceptors (Lipinski definition) is 8. The SMILES string of the molecule is CN1CCC(N(C)c2nc(Nc3ccc(N(C)C)c(F)c3)nc(NC3CCCCCC3)n2)CC1. The molecule has 9 heteroatoms. The van der Waals surface area contributed by atoms with E-state index in [1.54, 1.807) is 11.0 Å². The van der Waals surface area contributed by atoms with Gasteiger partial charge in [0, 0.05) is 38.9 Å². The Labute approximate surface area is 203 Å². The van der Waals surface area contributed by atoms with Crippen LogP contribution >= 0.6 is 0 Å². The van der Waals surface area contributed by atoms with Gasteiger partial charge in [-0.2, -0.15) is 15.0 Å². The largest absolute Gasteiger partial charge is 0.375 e. The second-order valence-electron chi connectivity index (χ2n) is 9.95. The molecule has 1 saturated carbocycles. The molecule has 0 bridgehead atoms. The Bertz CT molecular complexity index is 937. The Hall–Kier alpha value is -2.68. The van der Waals surface area contributed by atoms with E-state index in [1.165, 1.54) is 31.7 Å². The third kappa shape index (κ3) is 6.25. The minimum atomic E-state index is -0.287. The number of anilines is 5. The summed E-state index contributed by atoms with van der Waals surface area (Å²) in [6.07, 6.45) is 9.45. The monoisotopic (exact) mass is 470 g/mol. The van der Waals surface area contributed by atoms with Gasteiger partial charge in [0.15, 0.2) is 0 Å². The maximum Gasteiger partial charge on any atom is 0.233 e. The van der Waals surface area contributed by atoms with E-state index < -0.39 is 0 Å². The molecule has 2 heterocycles. The molecule has 2 aliphatic rings. The second-order valence-corrected chi connectivity index (χ2v) is 9.95. The summed E-state index contributed by atoms with van der Waals surface area (Å²) in [4.78, 5) is 20.5. The van der Waals surface area contributed by atoms with E-state index in [-0.39, 0.29) is 5.82 Å². The standard InChI is InChI=1S/C25H39FN8/c1-32(2)22-12-11-19(17-21(22)26)28-24-29-23(27-18-9-7-5-6-8-10-18)30-25(31-24)34(4)20-13-15-33(3)16-14-20/h11-12,17-18,20H,5-10,13-16H2,1-4H3,(H2,27,28,29,30,31). The summed E-state index contributed by atoms with van der Waals surface area (Å²) in [7, 11) is 7.88. The van der Waals surface area contributed by atoms with Gasteiger partial charge in [0.05, 0.1) is 5.69 Å². The Kier molecular flexibility index (Phi) is 8.03. The van der Waals surface area contributed by atoms with E-state index in [4.69, 9.17) is 9.97 Å². The molecule has 1 saturated heterocycles. The highest BCUT2D eigenvalue weighted by Gasteiger charge is 2.24. The first kappa shape index (κ1) is 24.4. The van der Waals surface area contributed by atoms with Gasteiger partial charge in [-0.05, 0) is 64.0 Å². The van der Waals surface area contributed by atoms with E-state index in [1.807, 2.05) is 20.2 Å². The first-order chi connectivity index (χ1) is 16.4. The smallest absolute Gasteiger partial charge is 0.233 e. The summed E-state index contributed by atoms with van der Waals surface area (Å²) in [6.45, 7) is 2.13. The molecule has 8 nitrogen and oxygen atoms in total. The quantitative estimate of drug-likeness (QED) is 0.574. The zero-order chi connectivity index (χ0) is 24.1. The molecule has 1 aromatic heterocycles. The summed E-state index contributed by atoms with van der Waals surface area (Å²) < 4.78 is 14.6. The molecule has 2 N–H and O–H groups in total. The molecule has 0 amide bonds. The molecule has 2 fully saturated rings. The number of aromatic nitrogens is 3. The lowest BCUT2D eigenvalue weighted by molar-refractivity contribution is 0.252. The first-order valence-electron chi connectivity index (χ1n) is 12.6. The minimum Gasteiger partial charge on any atom is -0.375 e. The molecular formula is C25H39FN8. The molecule has 34 heavy (non-hydrogen) atoms. The highest BCUT2D eigenvalue weighted by atomic mass is 19.1. The highest BCUT2D eigenvalue weighted by Crippen LogP contribution is 2.26. The predicted octanol–water partition coefficient (Wildman–Crippen LogP) is 4.49. The van der Waals surface area contributed by atoms with Crippen molar-refractivity contribution in [1.82, 2.24) is 19.9 Å². The van der Waals surface area contributed by atoms with Gasteiger partial charge in [-0.1, -0.05) is 25.7 Å². The van der Waals surface area contributed by atoms with Crippen LogP contribution in [0.4, 0.5) is 33.6 Å². The number of likely N-dealkylation sites (tertiary alicyclic amines) is 1. The predicted molar refractivity (Wildman–Crippen MR) is 138 cm³/mol. The van der Waals surface area contributed by atoms with Crippen molar-refractivity contribution in [3.8, 4) is 0 Å². The number of hydrogen-bond donors (Lipinski definition) is 2. The topological polar surface area (TPSA) is 72.5 Å². The zero-order valence-corrected chi connectivity index (χ0v) is 21.0. The van der Waals surface area contributed by atoms with E-state index in [0.717, 1.165) is 38.8 Å². The summed E-state index contributed by atoms with van der Waals surface area (Å²) in [5.41, 5.74) is 1.15. The highest BCUT2D eigenvalue weighted by molar-refractivity contribution is 5.61. The molecule has 0 atom stereocenters. The third-order valence-electron chi connectivity index (χ3n) is 7.05. The molecule has 1 aliphatic carbocycles. The van der Waals surface area contributed by atoms with Crippen LogP contribution in [-0.2, 0) is 0 Å². The van der Waals surface area contributed by atoms with Crippen molar-refractivity contribution in [2.75, 3.05) is 61.7 Å². The van der Waals surface area contributed by atoms with Gasteiger partial charge < -0.3 is 25.3 Å². The van der Waals surface area contributed by atoms with Crippen LogP contribution in [0, 0.1) is 5.82 Å². The van der Waals surface area contributed by atoms with Gasteiger partial charge in [0.1, 0.15) is 5.82 Å². The molecule has 4 rings (SSSR count). The van der Waals surface area contributed by atoms with Crippen LogP contribution in [-0.4, -0.2) is 73.2 Å². The Balaban J connectivity index is 1.58. The van der Waals surface area contributed by atoms with Crippen molar-refractivity contribution in [3.63, 3.8) is 0 Å². The maximum atomic E-state index is 14.6. The molecule has 2 aromatic rings. The second kappa shape index (κ2) is 11.2. The third-order valence-corrected chi connectivity index (χ3v) is 7.05. The molecular weight excluding hydrogens is 431 g/mol. The summed E-state index contributed by atoms with van der Waals surface area (Å²) >= 11 is 0. The number of halogens is 1. The van der Waals surface area contributed by atoms with Crippen LogP contribution in [0.25, 0.3) is 0 Å². The van der Waals surface area contributed by atoms with Gasteiger partial charge in [0.2, 0.25) is 17.8 Å². The molecule has 0 radical (unpaired) electrons. The van der Waals surface area contributed by atoms with Crippen molar-refractivity contribution in [2.45, 2.75) is 63.5 Å². The molecule has 186 valence electrons. The lowest BCUT2D eigenvalue weighted by atomic mass is 10.0. The fourth-order valence-electron chi connectivity index (χ4n) is 4.87. The van der Waals surface area contributed by atoms with Gasteiger partial charge in [0.25, 0.3) is 0 Å². The van der Waals surface area contributed by atoms with Crippen LogP contribution in [0.2, 0.25) is 0 Å². The van der Waals surface area contributed by atoms with Crippen molar-refractivity contribution in [2.24, 2.45) is 0 Å². The molecule has 1 aromatic carbocycles. The Morgan fingerprint density at radius 2 is 1.59 bits per heavy atom. The minimum absolute atomic E-state index is 0.287. The van der Waals surface area contributed by atoms with E-state index in [0.29, 0.717) is 41.3 Å². The Morgan fingerprint density at radius 1 is 0.912 bits per heavy atom. The van der Waals surface area contributed by atoms with Crippen LogP contribution in [0.3, 0.4) is 0 Å². The average molecular weight is 471 g/mol. The van der Waals surface area contributed by atoms with Crippen LogP contribution in [0.5, 0.6) is 0 Å². The normalized spacial score (nSPS) is 18.4. The van der Waals surface area contributed by atoms with Crippen LogP contribution < -0.4 is 20.4 Å². The maximum absolute atomic E-state index is 14.6. The lowest BCUT2D eigenvalue weighted by Gasteiger charge is -2.35. The molecule has 0 unspecified atom stereocenters. The molecule has 1 aliphatic heterocycles. The van der Waals surface area contributed by atoms with Crippen LogP contribution in [0.15, 0.2) is 18.2 Å². The Morgan fingerprint density at radius 3 is 2.24 bits per heavy atom. The van der Waals surface area contributed by atoms with E-state index >= 15 is 0 Å². The van der Waals surface area contributed by atoms with Gasteiger partial charge in [-0.25, -0.2) is 4.39 Å². The average Bonchev–Trinajstić information content (AvgIpc) is 3.07. The lowest BCUT2D eigenvalue weighted by Crippen LogP contribution is -2.42. The number of piperidine rings is 1. The van der Waals surface area contributed by atoms with Crippen molar-refractivity contribution in [3.05, 3.63) is 24.0 Å². The number of benzene rings is 1. The summed E-state index contributed by atoms with van der Waals surface area (Å²) in [5, 5.41) is 6.78. The van der Waals surface area contributed by atoms with Gasteiger partial charge >= 0.3 is 0 Å². The fourth-order valence-corrected chi connectivity index (χ4v) is 4.87. The summed E-state index contributed by atoms with van der Waals surface area (Å²) in [5.74, 6) is 1.38. The van der Waals surface area contributed by atoms with E-state index in [9.17, 15) is 4.39 Å². The van der Waals surface area contributed by atoms with Gasteiger partial charge in [-0.3, -0.25) is 0 Å². The zero-order valence-electron chi connectivity index (χ0n) is 21.0. The molecule has 0 spiro atoms. The fraction of sp³-hybridized carbons (Fsp3) is 0.640. The number of nitrogens with one attached hydrogen (secondary N) is 2. The van der Waals surface area contributed by atoms with Crippen molar-refractivity contribution >= 4 is 29.2 Å². The first-order valence-corrected chi connectivity index (χ1v) is 12.6. The number of rotatable bonds is 7.